The molecule has 0 aliphatic carbocycles. The number of fused-ring (bicyclic) bond motifs is 3. The second-order valence-corrected chi connectivity index (χ2v) is 7.29. The quantitative estimate of drug-likeness (QED) is 0.462. The Balaban J connectivity index is 1.54. The van der Waals surface area contributed by atoms with Gasteiger partial charge in [-0.1, -0.05) is 30.3 Å². The highest BCUT2D eigenvalue weighted by Gasteiger charge is 2.62. The number of hydrogen-bond donors (Lipinski definition) is 0. The van der Waals surface area contributed by atoms with Gasteiger partial charge >= 0.3 is 0 Å². The van der Waals surface area contributed by atoms with Crippen molar-refractivity contribution in [1.82, 2.24) is 10.0 Å². The number of hydrazine groups is 1. The summed E-state index contributed by atoms with van der Waals surface area (Å²) in [5.74, 6) is -0.980. The van der Waals surface area contributed by atoms with Gasteiger partial charge in [0, 0.05) is 25.2 Å². The number of benzene rings is 2. The predicted molar refractivity (Wildman–Crippen MR) is 100 cm³/mol. The number of nitro benzene ring substituents is 1. The maximum atomic E-state index is 13.3. The summed E-state index contributed by atoms with van der Waals surface area (Å²) < 4.78 is 0. The molecule has 0 spiro atoms. The highest BCUT2D eigenvalue weighted by molar-refractivity contribution is 6.24. The Morgan fingerprint density at radius 3 is 2.14 bits per heavy atom. The first-order valence-corrected chi connectivity index (χ1v) is 9.28. The molecule has 3 aliphatic rings. The topological polar surface area (TPSA) is 87.0 Å². The van der Waals surface area contributed by atoms with Crippen molar-refractivity contribution in [2.24, 2.45) is 5.92 Å². The number of anilines is 1. The van der Waals surface area contributed by atoms with Gasteiger partial charge in [-0.05, 0) is 24.1 Å². The van der Waals surface area contributed by atoms with Crippen LogP contribution < -0.4 is 4.90 Å². The van der Waals surface area contributed by atoms with Gasteiger partial charge in [0.25, 0.3) is 11.6 Å². The molecular formula is C20H18N4O4. The molecule has 0 bridgehead atoms. The first-order valence-electron chi connectivity index (χ1n) is 9.28. The molecule has 8 heteroatoms. The Morgan fingerprint density at radius 1 is 0.857 bits per heavy atom. The maximum absolute atomic E-state index is 13.3. The average Bonchev–Trinajstić information content (AvgIpc) is 3.35. The fourth-order valence-corrected chi connectivity index (χ4v) is 4.74. The normalized spacial score (nSPS) is 27.3. The van der Waals surface area contributed by atoms with Gasteiger partial charge in [0.2, 0.25) is 5.91 Å². The van der Waals surface area contributed by atoms with Gasteiger partial charge in [-0.15, -0.1) is 0 Å². The summed E-state index contributed by atoms with van der Waals surface area (Å²) in [6.45, 7) is 1.57. The molecule has 3 fully saturated rings. The van der Waals surface area contributed by atoms with Gasteiger partial charge in [-0.25, -0.2) is 14.9 Å². The first-order chi connectivity index (χ1) is 13.6. The summed E-state index contributed by atoms with van der Waals surface area (Å²) in [6, 6.07) is 14.7. The fraction of sp³-hybridized carbons (Fsp3) is 0.300. The minimum atomic E-state index is -0.518. The van der Waals surface area contributed by atoms with E-state index in [4.69, 9.17) is 0 Å². The molecule has 8 nitrogen and oxygen atoms in total. The summed E-state index contributed by atoms with van der Waals surface area (Å²) >= 11 is 0. The van der Waals surface area contributed by atoms with Crippen LogP contribution in [0.25, 0.3) is 0 Å². The van der Waals surface area contributed by atoms with Crippen molar-refractivity contribution in [3.63, 3.8) is 0 Å². The third-order valence-electron chi connectivity index (χ3n) is 5.87. The van der Waals surface area contributed by atoms with Crippen LogP contribution in [0.5, 0.6) is 0 Å². The number of imide groups is 1. The highest BCUT2D eigenvalue weighted by Crippen LogP contribution is 2.48. The lowest BCUT2D eigenvalue weighted by Gasteiger charge is -2.29. The van der Waals surface area contributed by atoms with Crippen molar-refractivity contribution in [2.45, 2.75) is 18.5 Å². The monoisotopic (exact) mass is 378 g/mol. The van der Waals surface area contributed by atoms with Crippen LogP contribution in [0, 0.1) is 16.0 Å². The van der Waals surface area contributed by atoms with Crippen molar-refractivity contribution in [2.75, 3.05) is 18.0 Å². The van der Waals surface area contributed by atoms with Gasteiger partial charge in [0.15, 0.2) is 0 Å². The van der Waals surface area contributed by atoms with Crippen LogP contribution in [0.1, 0.15) is 18.0 Å². The van der Waals surface area contributed by atoms with E-state index in [2.05, 4.69) is 5.01 Å². The molecule has 0 N–H and O–H groups in total. The van der Waals surface area contributed by atoms with Gasteiger partial charge in [0.05, 0.1) is 22.6 Å². The van der Waals surface area contributed by atoms with E-state index in [-0.39, 0.29) is 23.5 Å². The standard InChI is InChI=1S/C20H18N4O4/c25-19-16-17(13-5-2-1-3-6-13)21-11-4-12-22(21)18(16)20(26)23(19)14-7-9-15(10-8-14)24(27)28/h1-3,5-10,16-18H,4,11-12H2/t16-,17-,18+/m1/s1. The molecule has 3 heterocycles. The second kappa shape index (κ2) is 6.22. The van der Waals surface area contributed by atoms with E-state index in [1.165, 1.54) is 29.2 Å². The zero-order valence-electron chi connectivity index (χ0n) is 15.0. The number of amides is 2. The van der Waals surface area contributed by atoms with Gasteiger partial charge < -0.3 is 0 Å². The van der Waals surface area contributed by atoms with Crippen molar-refractivity contribution < 1.29 is 14.5 Å². The maximum Gasteiger partial charge on any atom is 0.269 e. The largest absolute Gasteiger partial charge is 0.274 e. The number of carbonyl (C=O) groups excluding carboxylic acids is 2. The second-order valence-electron chi connectivity index (χ2n) is 7.29. The highest BCUT2D eigenvalue weighted by atomic mass is 16.6. The van der Waals surface area contributed by atoms with E-state index in [1.807, 2.05) is 35.3 Å². The third kappa shape index (κ3) is 2.31. The van der Waals surface area contributed by atoms with Crippen molar-refractivity contribution in [3.8, 4) is 0 Å². The molecule has 5 rings (SSSR count). The van der Waals surface area contributed by atoms with Crippen LogP contribution >= 0.6 is 0 Å². The zero-order chi connectivity index (χ0) is 19.4. The van der Waals surface area contributed by atoms with E-state index in [9.17, 15) is 19.7 Å². The van der Waals surface area contributed by atoms with E-state index in [0.29, 0.717) is 5.69 Å². The average molecular weight is 378 g/mol. The van der Waals surface area contributed by atoms with Crippen LogP contribution in [0.4, 0.5) is 11.4 Å². The molecule has 3 aliphatic heterocycles. The Kier molecular flexibility index (Phi) is 3.78. The molecule has 2 aromatic carbocycles. The lowest BCUT2D eigenvalue weighted by Crippen LogP contribution is -2.44. The van der Waals surface area contributed by atoms with E-state index in [1.54, 1.807) is 0 Å². The molecule has 2 amide bonds. The first kappa shape index (κ1) is 17.0. The molecule has 0 saturated carbocycles. The predicted octanol–water partition coefficient (Wildman–Crippen LogP) is 2.13. The van der Waals surface area contributed by atoms with Crippen molar-refractivity contribution in [3.05, 3.63) is 70.3 Å². The van der Waals surface area contributed by atoms with Crippen molar-refractivity contribution >= 4 is 23.2 Å². The van der Waals surface area contributed by atoms with Crippen LogP contribution in [0.15, 0.2) is 54.6 Å². The lowest BCUT2D eigenvalue weighted by atomic mass is 9.90. The number of nitro groups is 1. The van der Waals surface area contributed by atoms with Gasteiger partial charge in [-0.3, -0.25) is 19.7 Å². The number of non-ortho nitro benzene ring substituents is 1. The zero-order valence-corrected chi connectivity index (χ0v) is 15.0. The van der Waals surface area contributed by atoms with Crippen LogP contribution in [0.3, 0.4) is 0 Å². The molecule has 3 atom stereocenters. The minimum absolute atomic E-state index is 0.0732. The number of nitrogens with zero attached hydrogens (tertiary/aromatic N) is 4. The number of carbonyl (C=O) groups is 2. The Morgan fingerprint density at radius 2 is 1.50 bits per heavy atom. The summed E-state index contributed by atoms with van der Waals surface area (Å²) in [7, 11) is 0. The summed E-state index contributed by atoms with van der Waals surface area (Å²) in [6.07, 6.45) is 0.950. The smallest absolute Gasteiger partial charge is 0.269 e. The molecule has 2 aromatic rings. The Labute approximate surface area is 161 Å². The Bertz CT molecular complexity index is 962. The molecule has 28 heavy (non-hydrogen) atoms. The Hall–Kier alpha value is -3.10. The van der Waals surface area contributed by atoms with E-state index in [0.717, 1.165) is 25.1 Å². The molecule has 0 aromatic heterocycles. The van der Waals surface area contributed by atoms with Crippen LogP contribution in [0.2, 0.25) is 0 Å². The number of rotatable bonds is 3. The van der Waals surface area contributed by atoms with Crippen molar-refractivity contribution in [1.29, 1.82) is 0 Å². The molecular weight excluding hydrogens is 360 g/mol. The summed E-state index contributed by atoms with van der Waals surface area (Å²) in [5.41, 5.74) is 1.33. The SMILES string of the molecule is O=C1[C@H]2[C@@H](C(=O)N1c1ccc([N+](=O)[O-])cc1)N1CCCN1[C@@H]2c1ccccc1. The summed E-state index contributed by atoms with van der Waals surface area (Å²) in [4.78, 5) is 38.2. The summed E-state index contributed by atoms with van der Waals surface area (Å²) in [5, 5.41) is 15.1. The van der Waals surface area contributed by atoms with Gasteiger partial charge in [-0.2, -0.15) is 0 Å². The molecule has 142 valence electrons. The van der Waals surface area contributed by atoms with E-state index >= 15 is 0 Å². The molecule has 0 radical (unpaired) electrons. The van der Waals surface area contributed by atoms with E-state index < -0.39 is 16.9 Å². The minimum Gasteiger partial charge on any atom is -0.274 e. The fourth-order valence-electron chi connectivity index (χ4n) is 4.74. The third-order valence-corrected chi connectivity index (χ3v) is 5.87. The van der Waals surface area contributed by atoms with Crippen LogP contribution in [-0.4, -0.2) is 45.9 Å². The van der Waals surface area contributed by atoms with Gasteiger partial charge in [0.1, 0.15) is 6.04 Å². The molecule has 0 unspecified atom stereocenters. The number of hydrogen-bond acceptors (Lipinski definition) is 6. The lowest BCUT2D eigenvalue weighted by molar-refractivity contribution is -0.384. The molecule has 3 saturated heterocycles. The van der Waals surface area contributed by atoms with Crippen LogP contribution in [-0.2, 0) is 9.59 Å².